The molecular formula is C15H17F4N3O5S. The van der Waals surface area contributed by atoms with E-state index in [0.29, 0.717) is 6.07 Å². The number of aromatic carboxylic acids is 1. The highest BCUT2D eigenvalue weighted by Gasteiger charge is 2.50. The average molecular weight is 427 g/mol. The molecule has 8 nitrogen and oxygen atoms in total. The van der Waals surface area contributed by atoms with Crippen LogP contribution in [0.5, 0.6) is 0 Å². The molecule has 1 aromatic rings. The Bertz CT molecular complexity index is 902. The van der Waals surface area contributed by atoms with Crippen LogP contribution < -0.4 is 9.62 Å². The molecule has 13 heteroatoms. The number of benzene rings is 1. The summed E-state index contributed by atoms with van der Waals surface area (Å²) in [4.78, 5) is 24.7. The van der Waals surface area contributed by atoms with E-state index >= 15 is 0 Å². The summed E-state index contributed by atoms with van der Waals surface area (Å²) in [7, 11) is -2.08. The van der Waals surface area contributed by atoms with Gasteiger partial charge < -0.3 is 10.0 Å². The normalized spacial score (nSPS) is 18.1. The Morgan fingerprint density at radius 1 is 1.25 bits per heavy atom. The third-order valence-electron chi connectivity index (χ3n) is 4.15. The highest BCUT2D eigenvalue weighted by atomic mass is 32.2. The molecule has 0 spiro atoms. The molecule has 0 bridgehead atoms. The second-order valence-electron chi connectivity index (χ2n) is 6.30. The topological polar surface area (TPSA) is 107 Å². The van der Waals surface area contributed by atoms with E-state index in [0.717, 1.165) is 6.07 Å². The molecule has 2 rings (SSSR count). The number of carbonyl (C=O) groups is 2. The molecule has 0 aliphatic carbocycles. The van der Waals surface area contributed by atoms with Crippen LogP contribution in [-0.4, -0.2) is 62.6 Å². The Labute approximate surface area is 157 Å². The maximum absolute atomic E-state index is 14.0. The van der Waals surface area contributed by atoms with E-state index in [-0.39, 0.29) is 16.4 Å². The van der Waals surface area contributed by atoms with Gasteiger partial charge in [0.25, 0.3) is 5.91 Å². The van der Waals surface area contributed by atoms with Gasteiger partial charge in [0, 0.05) is 20.6 Å². The molecule has 1 aliphatic rings. The van der Waals surface area contributed by atoms with Crippen LogP contribution >= 0.6 is 0 Å². The standard InChI is InChI=1S/C15H17F4N3O5S/c1-21(2)11-7-8(14(24)25)10(16)6-9(11)13(23)20-28(26,27)22-5-3-4-12(22)15(17,18)19/h6-7,12H,3-5H2,1-2H3,(H,20,23)(H,24,25)/t12-/m1/s1. The van der Waals surface area contributed by atoms with Crippen molar-refractivity contribution in [2.75, 3.05) is 25.5 Å². The summed E-state index contributed by atoms with van der Waals surface area (Å²) >= 11 is 0. The van der Waals surface area contributed by atoms with Crippen LogP contribution in [0, 0.1) is 5.82 Å². The van der Waals surface area contributed by atoms with Crippen molar-refractivity contribution in [1.82, 2.24) is 9.03 Å². The fraction of sp³-hybridized carbons (Fsp3) is 0.467. The molecule has 1 saturated heterocycles. The number of amides is 1. The molecule has 0 unspecified atom stereocenters. The average Bonchev–Trinajstić information content (AvgIpc) is 3.04. The zero-order valence-electron chi connectivity index (χ0n) is 14.7. The first-order chi connectivity index (χ1) is 12.8. The SMILES string of the molecule is CN(C)c1cc(C(=O)O)c(F)cc1C(=O)NS(=O)(=O)N1CCC[C@@H]1C(F)(F)F. The Kier molecular flexibility index (Phi) is 5.90. The number of hydrogen-bond donors (Lipinski definition) is 2. The molecular weight excluding hydrogens is 410 g/mol. The van der Waals surface area contributed by atoms with E-state index in [4.69, 9.17) is 5.11 Å². The number of hydrogen-bond acceptors (Lipinski definition) is 5. The summed E-state index contributed by atoms with van der Waals surface area (Å²) in [6.45, 7) is -0.431. The number of rotatable bonds is 5. The van der Waals surface area contributed by atoms with Gasteiger partial charge in [0.2, 0.25) is 0 Å². The number of carboxylic acid groups (broad SMARTS) is 1. The monoisotopic (exact) mass is 427 g/mol. The maximum atomic E-state index is 14.0. The molecule has 1 atom stereocenters. The predicted molar refractivity (Wildman–Crippen MR) is 89.9 cm³/mol. The lowest BCUT2D eigenvalue weighted by Gasteiger charge is -2.26. The Morgan fingerprint density at radius 2 is 1.86 bits per heavy atom. The zero-order chi connectivity index (χ0) is 21.4. The van der Waals surface area contributed by atoms with Crippen molar-refractivity contribution in [2.45, 2.75) is 25.1 Å². The van der Waals surface area contributed by atoms with Gasteiger partial charge in [-0.25, -0.2) is 13.9 Å². The van der Waals surface area contributed by atoms with E-state index in [9.17, 15) is 35.6 Å². The van der Waals surface area contributed by atoms with Gasteiger partial charge in [-0.15, -0.1) is 0 Å². The van der Waals surface area contributed by atoms with Gasteiger partial charge in [0.05, 0.1) is 16.8 Å². The van der Waals surface area contributed by atoms with Gasteiger partial charge in [-0.3, -0.25) is 4.79 Å². The highest BCUT2D eigenvalue weighted by Crippen LogP contribution is 2.34. The van der Waals surface area contributed by atoms with Crippen molar-refractivity contribution >= 4 is 27.8 Å². The number of carboxylic acids is 1. The van der Waals surface area contributed by atoms with Crippen LogP contribution in [0.3, 0.4) is 0 Å². The van der Waals surface area contributed by atoms with Crippen LogP contribution in [0.2, 0.25) is 0 Å². The lowest BCUT2D eigenvalue weighted by Crippen LogP contribution is -2.50. The minimum absolute atomic E-state index is 0.0375. The van der Waals surface area contributed by atoms with E-state index < -0.39 is 64.2 Å². The summed E-state index contributed by atoms with van der Waals surface area (Å²) in [6, 6.07) is -0.917. The van der Waals surface area contributed by atoms with E-state index in [1.807, 2.05) is 0 Å². The minimum atomic E-state index is -4.86. The lowest BCUT2D eigenvalue weighted by molar-refractivity contribution is -0.165. The molecule has 0 radical (unpaired) electrons. The zero-order valence-corrected chi connectivity index (χ0v) is 15.6. The van der Waals surface area contributed by atoms with Crippen molar-refractivity contribution < 1.29 is 40.7 Å². The van der Waals surface area contributed by atoms with Gasteiger partial charge in [-0.05, 0) is 25.0 Å². The van der Waals surface area contributed by atoms with Crippen molar-refractivity contribution in [3.05, 3.63) is 29.1 Å². The van der Waals surface area contributed by atoms with Gasteiger partial charge >= 0.3 is 22.4 Å². The van der Waals surface area contributed by atoms with Crippen LogP contribution in [0.25, 0.3) is 0 Å². The van der Waals surface area contributed by atoms with Gasteiger partial charge in [0.15, 0.2) is 0 Å². The lowest BCUT2D eigenvalue weighted by atomic mass is 10.1. The third-order valence-corrected chi connectivity index (χ3v) is 5.65. The summed E-state index contributed by atoms with van der Waals surface area (Å²) in [5.74, 6) is -4.28. The molecule has 28 heavy (non-hydrogen) atoms. The maximum Gasteiger partial charge on any atom is 0.405 e. The van der Waals surface area contributed by atoms with Crippen molar-refractivity contribution in [3.63, 3.8) is 0 Å². The minimum Gasteiger partial charge on any atom is -0.478 e. The van der Waals surface area contributed by atoms with Crippen molar-refractivity contribution in [2.24, 2.45) is 0 Å². The van der Waals surface area contributed by atoms with E-state index in [1.165, 1.54) is 23.7 Å². The van der Waals surface area contributed by atoms with Gasteiger partial charge in [-0.1, -0.05) is 0 Å². The van der Waals surface area contributed by atoms with E-state index in [1.54, 1.807) is 0 Å². The fourth-order valence-electron chi connectivity index (χ4n) is 2.86. The molecule has 2 N–H and O–H groups in total. The van der Waals surface area contributed by atoms with Gasteiger partial charge in [0.1, 0.15) is 11.9 Å². The molecule has 1 aliphatic heterocycles. The van der Waals surface area contributed by atoms with Crippen LogP contribution in [0.4, 0.5) is 23.2 Å². The summed E-state index contributed by atoms with van der Waals surface area (Å²) in [6.07, 6.45) is -5.29. The Morgan fingerprint density at radius 3 is 2.36 bits per heavy atom. The van der Waals surface area contributed by atoms with E-state index in [2.05, 4.69) is 0 Å². The highest BCUT2D eigenvalue weighted by molar-refractivity contribution is 7.87. The number of nitrogens with one attached hydrogen (secondary N) is 1. The summed E-state index contributed by atoms with van der Waals surface area (Å²) < 4.78 is 79.3. The van der Waals surface area contributed by atoms with Gasteiger partial charge in [-0.2, -0.15) is 25.9 Å². The molecule has 1 amide bonds. The van der Waals surface area contributed by atoms with Crippen molar-refractivity contribution in [3.8, 4) is 0 Å². The summed E-state index contributed by atoms with van der Waals surface area (Å²) in [5.41, 5.74) is -1.42. The molecule has 156 valence electrons. The number of nitrogens with zero attached hydrogens (tertiary/aromatic N) is 2. The van der Waals surface area contributed by atoms with Crippen LogP contribution in [0.1, 0.15) is 33.6 Å². The number of carbonyl (C=O) groups excluding carboxylic acids is 1. The second-order valence-corrected chi connectivity index (χ2v) is 7.92. The molecule has 1 heterocycles. The Hall–Kier alpha value is -2.41. The van der Waals surface area contributed by atoms with Crippen molar-refractivity contribution in [1.29, 1.82) is 0 Å². The first-order valence-electron chi connectivity index (χ1n) is 7.90. The quantitative estimate of drug-likeness (QED) is 0.692. The largest absolute Gasteiger partial charge is 0.478 e. The fourth-order valence-corrected chi connectivity index (χ4v) is 4.25. The number of halogens is 4. The summed E-state index contributed by atoms with van der Waals surface area (Å²) in [5, 5.41) is 8.97. The molecule has 0 saturated carbocycles. The molecule has 1 aromatic carbocycles. The second kappa shape index (κ2) is 7.54. The first kappa shape index (κ1) is 21.9. The first-order valence-corrected chi connectivity index (χ1v) is 9.34. The molecule has 1 fully saturated rings. The predicted octanol–water partition coefficient (Wildman–Crippen LogP) is 1.59. The third kappa shape index (κ3) is 4.35. The molecule has 0 aromatic heterocycles. The van der Waals surface area contributed by atoms with Crippen LogP contribution in [-0.2, 0) is 10.2 Å². The smallest absolute Gasteiger partial charge is 0.405 e. The number of alkyl halides is 3. The van der Waals surface area contributed by atoms with Crippen LogP contribution in [0.15, 0.2) is 12.1 Å². The number of anilines is 1. The Balaban J connectivity index is 2.39.